The summed E-state index contributed by atoms with van der Waals surface area (Å²) in [5.41, 5.74) is -0.505. The van der Waals surface area contributed by atoms with Crippen LogP contribution in [0.2, 0.25) is 0 Å². The monoisotopic (exact) mass is 269 g/mol. The van der Waals surface area contributed by atoms with Gasteiger partial charge in [0.25, 0.3) is 0 Å². The molecule has 2 fully saturated rings. The van der Waals surface area contributed by atoms with Crippen molar-refractivity contribution >= 4 is 5.97 Å². The Morgan fingerprint density at radius 1 is 1.37 bits per heavy atom. The van der Waals surface area contributed by atoms with E-state index in [0.29, 0.717) is 0 Å². The second-order valence-corrected chi connectivity index (χ2v) is 5.97. The zero-order valence-corrected chi connectivity index (χ0v) is 12.2. The maximum atomic E-state index is 12.0. The lowest BCUT2D eigenvalue weighted by molar-refractivity contribution is -0.148. The molecule has 0 aliphatic heterocycles. The average molecular weight is 269 g/mol. The van der Waals surface area contributed by atoms with E-state index in [0.717, 1.165) is 44.8 Å². The van der Waals surface area contributed by atoms with Crippen LogP contribution >= 0.6 is 0 Å². The smallest absolute Gasteiger partial charge is 0.326 e. The van der Waals surface area contributed by atoms with E-state index < -0.39 is 5.54 Å². The van der Waals surface area contributed by atoms with Crippen molar-refractivity contribution in [1.29, 1.82) is 0 Å². The summed E-state index contributed by atoms with van der Waals surface area (Å²) in [6.07, 6.45) is 7.70. The maximum absolute atomic E-state index is 12.0. The lowest BCUT2D eigenvalue weighted by Crippen LogP contribution is -2.51. The van der Waals surface area contributed by atoms with Crippen LogP contribution in [-0.4, -0.2) is 37.9 Å². The van der Waals surface area contributed by atoms with Crippen molar-refractivity contribution in [2.75, 3.05) is 20.3 Å². The SMILES string of the molecule is CCCNC1(C(=O)OC)CCC(OCCC2CC2)C1. The Bertz CT molecular complexity index is 304. The molecule has 2 unspecified atom stereocenters. The van der Waals surface area contributed by atoms with Crippen molar-refractivity contribution in [1.82, 2.24) is 5.32 Å². The molecule has 0 spiro atoms. The minimum absolute atomic E-state index is 0.130. The highest BCUT2D eigenvalue weighted by Gasteiger charge is 2.46. The summed E-state index contributed by atoms with van der Waals surface area (Å²) in [5.74, 6) is 0.777. The summed E-state index contributed by atoms with van der Waals surface area (Å²) in [5, 5.41) is 3.38. The highest BCUT2D eigenvalue weighted by molar-refractivity contribution is 5.81. The molecule has 110 valence electrons. The Kier molecular flexibility index (Phi) is 5.22. The van der Waals surface area contributed by atoms with Gasteiger partial charge in [0, 0.05) is 13.0 Å². The zero-order chi connectivity index (χ0) is 13.7. The van der Waals surface area contributed by atoms with Gasteiger partial charge >= 0.3 is 5.97 Å². The third-order valence-corrected chi connectivity index (χ3v) is 4.34. The number of carbonyl (C=O) groups is 1. The third kappa shape index (κ3) is 3.93. The summed E-state index contributed by atoms with van der Waals surface area (Å²) in [6, 6.07) is 0. The number of nitrogens with one attached hydrogen (secondary N) is 1. The minimum atomic E-state index is -0.505. The molecular formula is C15H27NO3. The predicted molar refractivity (Wildman–Crippen MR) is 74.0 cm³/mol. The van der Waals surface area contributed by atoms with Crippen LogP contribution in [0.3, 0.4) is 0 Å². The topological polar surface area (TPSA) is 47.6 Å². The molecule has 4 nitrogen and oxygen atoms in total. The summed E-state index contributed by atoms with van der Waals surface area (Å²) in [4.78, 5) is 12.0. The molecule has 19 heavy (non-hydrogen) atoms. The third-order valence-electron chi connectivity index (χ3n) is 4.34. The maximum Gasteiger partial charge on any atom is 0.326 e. The standard InChI is InChI=1S/C15H27NO3/c1-3-9-16-15(14(17)18-2)8-6-13(11-15)19-10-7-12-4-5-12/h12-13,16H,3-11H2,1-2H3. The lowest BCUT2D eigenvalue weighted by Gasteiger charge is -2.27. The van der Waals surface area contributed by atoms with Crippen LogP contribution in [0.15, 0.2) is 0 Å². The van der Waals surface area contributed by atoms with Gasteiger partial charge in [-0.3, -0.25) is 4.79 Å². The van der Waals surface area contributed by atoms with E-state index in [1.807, 2.05) is 0 Å². The van der Waals surface area contributed by atoms with Gasteiger partial charge in [-0.25, -0.2) is 0 Å². The summed E-state index contributed by atoms with van der Waals surface area (Å²) in [7, 11) is 1.47. The largest absolute Gasteiger partial charge is 0.468 e. The fourth-order valence-corrected chi connectivity index (χ4v) is 2.93. The zero-order valence-electron chi connectivity index (χ0n) is 12.2. The predicted octanol–water partition coefficient (Wildman–Crippen LogP) is 2.27. The number of rotatable bonds is 8. The number of ether oxygens (including phenoxy) is 2. The van der Waals surface area contributed by atoms with Crippen LogP contribution in [0.25, 0.3) is 0 Å². The molecule has 4 heteroatoms. The van der Waals surface area contributed by atoms with Crippen LogP contribution in [0, 0.1) is 5.92 Å². The molecule has 2 aliphatic carbocycles. The van der Waals surface area contributed by atoms with Gasteiger partial charge in [-0.05, 0) is 38.1 Å². The van der Waals surface area contributed by atoms with Crippen molar-refractivity contribution in [2.24, 2.45) is 5.92 Å². The molecule has 0 heterocycles. The summed E-state index contributed by atoms with van der Waals surface area (Å²) in [6.45, 7) is 3.81. The first-order valence-electron chi connectivity index (χ1n) is 7.65. The fraction of sp³-hybridized carbons (Fsp3) is 0.933. The Labute approximate surface area is 116 Å². The van der Waals surface area contributed by atoms with E-state index in [-0.39, 0.29) is 12.1 Å². The van der Waals surface area contributed by atoms with Gasteiger partial charge in [0.1, 0.15) is 5.54 Å². The van der Waals surface area contributed by atoms with Crippen LogP contribution in [-0.2, 0) is 14.3 Å². The van der Waals surface area contributed by atoms with Gasteiger partial charge < -0.3 is 14.8 Å². The molecule has 0 bridgehead atoms. The minimum Gasteiger partial charge on any atom is -0.468 e. The number of hydrogen-bond donors (Lipinski definition) is 1. The van der Waals surface area contributed by atoms with Gasteiger partial charge in [-0.1, -0.05) is 19.8 Å². The van der Waals surface area contributed by atoms with Crippen molar-refractivity contribution in [3.63, 3.8) is 0 Å². The van der Waals surface area contributed by atoms with Crippen LogP contribution in [0.1, 0.15) is 51.9 Å². The molecular weight excluding hydrogens is 242 g/mol. The van der Waals surface area contributed by atoms with Crippen molar-refractivity contribution < 1.29 is 14.3 Å². The second-order valence-electron chi connectivity index (χ2n) is 5.97. The molecule has 2 atom stereocenters. The van der Waals surface area contributed by atoms with Crippen LogP contribution in [0.5, 0.6) is 0 Å². The Balaban J connectivity index is 1.80. The molecule has 2 rings (SSSR count). The quantitative estimate of drug-likeness (QED) is 0.687. The fourth-order valence-electron chi connectivity index (χ4n) is 2.93. The number of hydrogen-bond acceptors (Lipinski definition) is 4. The van der Waals surface area contributed by atoms with Crippen LogP contribution < -0.4 is 5.32 Å². The first-order valence-corrected chi connectivity index (χ1v) is 7.65. The second kappa shape index (κ2) is 6.71. The van der Waals surface area contributed by atoms with Crippen molar-refractivity contribution in [3.05, 3.63) is 0 Å². The molecule has 0 aromatic heterocycles. The summed E-state index contributed by atoms with van der Waals surface area (Å²) < 4.78 is 10.9. The highest BCUT2D eigenvalue weighted by atomic mass is 16.5. The summed E-state index contributed by atoms with van der Waals surface area (Å²) >= 11 is 0. The van der Waals surface area contributed by atoms with E-state index in [4.69, 9.17) is 9.47 Å². The van der Waals surface area contributed by atoms with E-state index in [1.165, 1.54) is 26.4 Å². The first kappa shape index (κ1) is 14.8. The molecule has 0 aromatic rings. The lowest BCUT2D eigenvalue weighted by atomic mass is 9.97. The van der Waals surface area contributed by atoms with Gasteiger partial charge in [0.05, 0.1) is 13.2 Å². The van der Waals surface area contributed by atoms with E-state index >= 15 is 0 Å². The van der Waals surface area contributed by atoms with Crippen molar-refractivity contribution in [3.8, 4) is 0 Å². The van der Waals surface area contributed by atoms with Gasteiger partial charge in [0.2, 0.25) is 0 Å². The van der Waals surface area contributed by atoms with E-state index in [9.17, 15) is 4.79 Å². The molecule has 1 N–H and O–H groups in total. The van der Waals surface area contributed by atoms with E-state index in [2.05, 4.69) is 12.2 Å². The van der Waals surface area contributed by atoms with E-state index in [1.54, 1.807) is 0 Å². The van der Waals surface area contributed by atoms with Gasteiger partial charge in [-0.15, -0.1) is 0 Å². The Morgan fingerprint density at radius 3 is 2.79 bits per heavy atom. The normalized spacial score (nSPS) is 30.5. The van der Waals surface area contributed by atoms with Crippen LogP contribution in [0.4, 0.5) is 0 Å². The number of methoxy groups -OCH3 is 1. The number of carbonyl (C=O) groups excluding carboxylic acids is 1. The number of esters is 1. The molecule has 0 radical (unpaired) electrons. The van der Waals surface area contributed by atoms with Crippen molar-refractivity contribution in [2.45, 2.75) is 63.5 Å². The molecule has 0 saturated heterocycles. The first-order chi connectivity index (χ1) is 9.20. The Hall–Kier alpha value is -0.610. The average Bonchev–Trinajstić information content (AvgIpc) is 3.15. The molecule has 2 aliphatic rings. The van der Waals surface area contributed by atoms with Gasteiger partial charge in [0.15, 0.2) is 0 Å². The molecule has 0 amide bonds. The van der Waals surface area contributed by atoms with Gasteiger partial charge in [-0.2, -0.15) is 0 Å². The Morgan fingerprint density at radius 2 is 2.16 bits per heavy atom. The molecule has 2 saturated carbocycles. The highest BCUT2D eigenvalue weighted by Crippen LogP contribution is 2.35. The molecule has 0 aromatic carbocycles.